The molecule has 0 unspecified atom stereocenters. The normalized spacial score (nSPS) is 15.3. The van der Waals surface area contributed by atoms with E-state index in [0.29, 0.717) is 29.6 Å². The maximum absolute atomic E-state index is 10.1. The van der Waals surface area contributed by atoms with Crippen LogP contribution in [0.1, 0.15) is 42.5 Å². The van der Waals surface area contributed by atoms with E-state index in [4.69, 9.17) is 19.6 Å². The van der Waals surface area contributed by atoms with Crippen molar-refractivity contribution in [3.63, 3.8) is 0 Å². The van der Waals surface area contributed by atoms with Gasteiger partial charge >= 0.3 is 6.08 Å². The molecule has 0 spiro atoms. The van der Waals surface area contributed by atoms with E-state index in [1.807, 2.05) is 55.5 Å². The summed E-state index contributed by atoms with van der Waals surface area (Å²) in [7, 11) is 1.63. The fraction of sp³-hybridized carbons (Fsp3) is 0.280. The number of hydrogen-bond donors (Lipinski definition) is 1. The molecule has 1 aliphatic rings. The standard InChI is InChI=1S/C25H26N4O3/c1-4-5-13-31-25-28-22-21(17-12-11-16(2)20(14-17)30-3)19(15-26)23(27)29(24(22)32-25)18-9-7-6-8-10-18/h6-12,14,21H,4-5,13,27H2,1-3H3/t21-/m0/s1. The van der Waals surface area contributed by atoms with Crippen molar-refractivity contribution in [2.45, 2.75) is 32.6 Å². The molecule has 4 rings (SSSR count). The van der Waals surface area contributed by atoms with Gasteiger partial charge in [0.05, 0.1) is 37.0 Å². The quantitative estimate of drug-likeness (QED) is 0.518. The number of anilines is 2. The van der Waals surface area contributed by atoms with Crippen LogP contribution in [-0.4, -0.2) is 18.7 Å². The summed E-state index contributed by atoms with van der Waals surface area (Å²) < 4.78 is 17.3. The predicted octanol–water partition coefficient (Wildman–Crippen LogP) is 5.15. The van der Waals surface area contributed by atoms with E-state index < -0.39 is 5.92 Å². The van der Waals surface area contributed by atoms with Crippen LogP contribution < -0.4 is 20.1 Å². The Morgan fingerprint density at radius 3 is 2.69 bits per heavy atom. The van der Waals surface area contributed by atoms with E-state index in [2.05, 4.69) is 18.0 Å². The van der Waals surface area contributed by atoms with Gasteiger partial charge in [0.1, 0.15) is 17.3 Å². The highest BCUT2D eigenvalue weighted by molar-refractivity contribution is 5.73. The van der Waals surface area contributed by atoms with Gasteiger partial charge in [-0.2, -0.15) is 10.2 Å². The Hall–Kier alpha value is -3.92. The monoisotopic (exact) mass is 430 g/mol. The highest BCUT2D eigenvalue weighted by atomic mass is 16.6. The van der Waals surface area contributed by atoms with Crippen molar-refractivity contribution >= 4 is 11.6 Å². The third-order valence-corrected chi connectivity index (χ3v) is 5.52. The Labute approximate surface area is 187 Å². The van der Waals surface area contributed by atoms with Crippen LogP contribution >= 0.6 is 0 Å². The predicted molar refractivity (Wildman–Crippen MR) is 122 cm³/mol. The molecule has 32 heavy (non-hydrogen) atoms. The van der Waals surface area contributed by atoms with Crippen LogP contribution in [0, 0.1) is 18.3 Å². The lowest BCUT2D eigenvalue weighted by Crippen LogP contribution is -2.31. The minimum Gasteiger partial charge on any atom is -0.496 e. The zero-order valence-corrected chi connectivity index (χ0v) is 18.5. The number of benzene rings is 2. The summed E-state index contributed by atoms with van der Waals surface area (Å²) in [5.74, 6) is 0.973. The number of fused-ring (bicyclic) bond motifs is 1. The van der Waals surface area contributed by atoms with Gasteiger partial charge in [0.25, 0.3) is 0 Å². The molecule has 0 aliphatic carbocycles. The van der Waals surface area contributed by atoms with E-state index in [1.54, 1.807) is 12.0 Å². The Balaban J connectivity index is 1.90. The van der Waals surface area contributed by atoms with Crippen LogP contribution in [0.25, 0.3) is 0 Å². The lowest BCUT2D eigenvalue weighted by molar-refractivity contribution is 0.228. The number of unbranched alkanes of at least 4 members (excludes halogenated alkanes) is 1. The highest BCUT2D eigenvalue weighted by Crippen LogP contribution is 2.48. The van der Waals surface area contributed by atoms with Crippen LogP contribution in [0.2, 0.25) is 0 Å². The van der Waals surface area contributed by atoms with Crippen LogP contribution in [-0.2, 0) is 0 Å². The molecule has 164 valence electrons. The fourth-order valence-electron chi connectivity index (χ4n) is 3.83. The van der Waals surface area contributed by atoms with Crippen molar-refractivity contribution < 1.29 is 13.9 Å². The number of allylic oxidation sites excluding steroid dienone is 1. The highest BCUT2D eigenvalue weighted by Gasteiger charge is 2.39. The van der Waals surface area contributed by atoms with Gasteiger partial charge in [-0.05, 0) is 42.7 Å². The van der Waals surface area contributed by atoms with E-state index in [9.17, 15) is 5.26 Å². The Bertz CT molecular complexity index is 1180. The van der Waals surface area contributed by atoms with E-state index in [0.717, 1.165) is 35.4 Å². The first-order valence-electron chi connectivity index (χ1n) is 10.6. The second-order valence-corrected chi connectivity index (χ2v) is 7.62. The van der Waals surface area contributed by atoms with Crippen LogP contribution in [0.4, 0.5) is 11.6 Å². The first-order chi connectivity index (χ1) is 15.6. The summed E-state index contributed by atoms with van der Waals surface area (Å²) in [6.07, 6.45) is 2.05. The number of ether oxygens (including phenoxy) is 2. The molecule has 2 N–H and O–H groups in total. The van der Waals surface area contributed by atoms with Crippen molar-refractivity contribution in [1.82, 2.24) is 4.98 Å². The van der Waals surface area contributed by atoms with Crippen LogP contribution in [0.5, 0.6) is 11.8 Å². The Kier molecular flexibility index (Phi) is 6.04. The molecule has 0 saturated heterocycles. The van der Waals surface area contributed by atoms with E-state index in [1.165, 1.54) is 0 Å². The van der Waals surface area contributed by atoms with Gasteiger partial charge in [-0.1, -0.05) is 43.7 Å². The van der Waals surface area contributed by atoms with Crippen molar-refractivity contribution in [1.29, 1.82) is 5.26 Å². The maximum atomic E-state index is 10.1. The van der Waals surface area contributed by atoms with Crippen molar-refractivity contribution in [2.75, 3.05) is 18.6 Å². The molecule has 1 aliphatic heterocycles. The number of methoxy groups -OCH3 is 1. The van der Waals surface area contributed by atoms with Gasteiger partial charge in [0.2, 0.25) is 5.88 Å². The number of para-hydroxylation sites is 1. The maximum Gasteiger partial charge on any atom is 0.395 e. The molecule has 1 atom stereocenters. The third-order valence-electron chi connectivity index (χ3n) is 5.52. The fourth-order valence-corrected chi connectivity index (χ4v) is 3.83. The van der Waals surface area contributed by atoms with Gasteiger partial charge in [0.15, 0.2) is 0 Å². The van der Waals surface area contributed by atoms with Crippen LogP contribution in [0.15, 0.2) is 64.3 Å². The topological polar surface area (TPSA) is 97.5 Å². The van der Waals surface area contributed by atoms with Gasteiger partial charge < -0.3 is 19.6 Å². The largest absolute Gasteiger partial charge is 0.496 e. The minimum absolute atomic E-state index is 0.167. The second kappa shape index (κ2) is 9.06. The molecule has 0 bridgehead atoms. The van der Waals surface area contributed by atoms with Gasteiger partial charge in [-0.15, -0.1) is 0 Å². The zero-order valence-electron chi connectivity index (χ0n) is 18.5. The van der Waals surface area contributed by atoms with E-state index >= 15 is 0 Å². The van der Waals surface area contributed by atoms with Crippen molar-refractivity contribution in [2.24, 2.45) is 5.73 Å². The molecule has 1 aromatic heterocycles. The summed E-state index contributed by atoms with van der Waals surface area (Å²) in [5.41, 5.74) is 10.1. The van der Waals surface area contributed by atoms with Crippen LogP contribution in [0.3, 0.4) is 0 Å². The molecule has 0 fully saturated rings. The molecule has 7 nitrogen and oxygen atoms in total. The van der Waals surface area contributed by atoms with Crippen molar-refractivity contribution in [3.8, 4) is 17.9 Å². The summed E-state index contributed by atoms with van der Waals surface area (Å²) in [4.78, 5) is 6.37. The first-order valence-corrected chi connectivity index (χ1v) is 10.6. The molecule has 0 amide bonds. The first kappa shape index (κ1) is 21.3. The van der Waals surface area contributed by atoms with E-state index in [-0.39, 0.29) is 6.08 Å². The lowest BCUT2D eigenvalue weighted by Gasteiger charge is -2.31. The average Bonchev–Trinajstić information content (AvgIpc) is 3.22. The lowest BCUT2D eigenvalue weighted by atomic mass is 9.85. The molecule has 2 aromatic carbocycles. The smallest absolute Gasteiger partial charge is 0.395 e. The van der Waals surface area contributed by atoms with Gasteiger partial charge in [-0.3, -0.25) is 4.90 Å². The average molecular weight is 431 g/mol. The van der Waals surface area contributed by atoms with Gasteiger partial charge in [-0.25, -0.2) is 0 Å². The Morgan fingerprint density at radius 2 is 2.00 bits per heavy atom. The van der Waals surface area contributed by atoms with Gasteiger partial charge in [0, 0.05) is 0 Å². The molecule has 7 heteroatoms. The number of hydrogen-bond acceptors (Lipinski definition) is 7. The molecular weight excluding hydrogens is 404 g/mol. The summed E-state index contributed by atoms with van der Waals surface area (Å²) in [5, 5.41) is 10.1. The molecule has 3 aromatic rings. The number of oxazole rings is 1. The summed E-state index contributed by atoms with van der Waals surface area (Å²) in [6.45, 7) is 4.56. The summed E-state index contributed by atoms with van der Waals surface area (Å²) in [6, 6.07) is 17.7. The number of aryl methyl sites for hydroxylation is 1. The minimum atomic E-state index is -0.503. The van der Waals surface area contributed by atoms with Crippen molar-refractivity contribution in [3.05, 3.63) is 76.7 Å². The SMILES string of the molecule is CCCCOc1nc2c(o1)N(c1ccccc1)C(N)=C(C#N)[C@@H]2c1ccc(C)c(OC)c1. The molecule has 0 radical (unpaired) electrons. The molecular formula is C25H26N4O3. The second-order valence-electron chi connectivity index (χ2n) is 7.62. The molecule has 0 saturated carbocycles. The third kappa shape index (κ3) is 3.76. The Morgan fingerprint density at radius 1 is 1.22 bits per heavy atom. The number of nitriles is 1. The number of rotatable bonds is 7. The molecule has 2 heterocycles. The number of aromatic nitrogens is 1. The number of nitrogens with two attached hydrogens (primary N) is 1. The summed E-state index contributed by atoms with van der Waals surface area (Å²) >= 11 is 0. The number of nitrogens with zero attached hydrogens (tertiary/aromatic N) is 3. The zero-order chi connectivity index (χ0) is 22.7.